The number of thioether (sulfide) groups is 1. The summed E-state index contributed by atoms with van der Waals surface area (Å²) >= 11 is 13.4. The summed E-state index contributed by atoms with van der Waals surface area (Å²) in [4.78, 5) is 15.4. The zero-order valence-electron chi connectivity index (χ0n) is 16.5. The van der Waals surface area contributed by atoms with E-state index in [1.54, 1.807) is 35.2 Å². The second kappa shape index (κ2) is 9.38. The maximum Gasteiger partial charge on any atom is 0.243 e. The molecule has 0 spiro atoms. The molecule has 0 N–H and O–H groups in total. The monoisotopic (exact) mass is 494 g/mol. The predicted molar refractivity (Wildman–Crippen MR) is 126 cm³/mol. The summed E-state index contributed by atoms with van der Waals surface area (Å²) in [5.41, 5.74) is 0. The molecule has 0 saturated carbocycles. The van der Waals surface area contributed by atoms with Gasteiger partial charge < -0.3 is 4.90 Å². The highest BCUT2D eigenvalue weighted by molar-refractivity contribution is 8.00. The van der Waals surface area contributed by atoms with Gasteiger partial charge in [-0.2, -0.15) is 4.31 Å². The zero-order valence-corrected chi connectivity index (χ0v) is 19.6. The van der Waals surface area contributed by atoms with E-state index in [0.717, 1.165) is 15.7 Å². The first kappa shape index (κ1) is 22.4. The summed E-state index contributed by atoms with van der Waals surface area (Å²) in [6, 6.07) is 18.0. The molecule has 5 nitrogen and oxygen atoms in total. The molecule has 3 aromatic rings. The average molecular weight is 495 g/mol. The summed E-state index contributed by atoms with van der Waals surface area (Å²) < 4.78 is 27.6. The van der Waals surface area contributed by atoms with Crippen molar-refractivity contribution in [1.82, 2.24) is 9.21 Å². The van der Waals surface area contributed by atoms with Crippen molar-refractivity contribution in [2.75, 3.05) is 31.9 Å². The molecule has 0 aromatic heterocycles. The molecule has 4 rings (SSSR count). The Balaban J connectivity index is 1.37. The van der Waals surface area contributed by atoms with Crippen molar-refractivity contribution in [1.29, 1.82) is 0 Å². The number of benzene rings is 3. The first-order valence-corrected chi connectivity index (χ1v) is 12.9. The highest BCUT2D eigenvalue weighted by Gasteiger charge is 2.30. The van der Waals surface area contributed by atoms with Gasteiger partial charge in [-0.15, -0.1) is 11.8 Å². The molecule has 9 heteroatoms. The van der Waals surface area contributed by atoms with Crippen molar-refractivity contribution in [2.45, 2.75) is 9.79 Å². The highest BCUT2D eigenvalue weighted by Crippen LogP contribution is 2.30. The Morgan fingerprint density at radius 3 is 2.32 bits per heavy atom. The molecule has 1 aliphatic heterocycles. The maximum absolute atomic E-state index is 13.1. The summed E-state index contributed by atoms with van der Waals surface area (Å²) in [5, 5.41) is 2.94. The van der Waals surface area contributed by atoms with Gasteiger partial charge in [0.25, 0.3) is 0 Å². The van der Waals surface area contributed by atoms with Crippen LogP contribution in [0.25, 0.3) is 10.8 Å². The van der Waals surface area contributed by atoms with E-state index < -0.39 is 10.0 Å². The molecule has 31 heavy (non-hydrogen) atoms. The van der Waals surface area contributed by atoms with Crippen molar-refractivity contribution in [3.05, 3.63) is 70.7 Å². The molecule has 162 valence electrons. The summed E-state index contributed by atoms with van der Waals surface area (Å²) in [6.45, 7) is 1.27. The quantitative estimate of drug-likeness (QED) is 0.479. The lowest BCUT2D eigenvalue weighted by atomic mass is 10.1. The lowest BCUT2D eigenvalue weighted by Crippen LogP contribution is -2.50. The minimum atomic E-state index is -3.61. The van der Waals surface area contributed by atoms with Gasteiger partial charge in [-0.1, -0.05) is 53.5 Å². The van der Waals surface area contributed by atoms with E-state index >= 15 is 0 Å². The SMILES string of the molecule is O=C(CSc1ccc(Cl)cc1Cl)N1CCN(S(=O)(=O)c2ccc3ccccc3c2)CC1. The van der Waals surface area contributed by atoms with Gasteiger partial charge in [-0.05, 0) is 41.1 Å². The van der Waals surface area contributed by atoms with Crippen LogP contribution >= 0.6 is 35.0 Å². The molecule has 0 radical (unpaired) electrons. The lowest BCUT2D eigenvalue weighted by molar-refractivity contribution is -0.129. The smallest absolute Gasteiger partial charge is 0.243 e. The molecule has 1 aliphatic rings. The fourth-order valence-corrected chi connectivity index (χ4v) is 6.33. The number of rotatable bonds is 5. The second-order valence-electron chi connectivity index (χ2n) is 7.16. The molecule has 0 atom stereocenters. The minimum Gasteiger partial charge on any atom is -0.339 e. The van der Waals surface area contributed by atoms with Crippen LogP contribution in [0.15, 0.2) is 70.5 Å². The first-order chi connectivity index (χ1) is 14.8. The number of fused-ring (bicyclic) bond motifs is 1. The molecular formula is C22H20Cl2N2O3S2. The van der Waals surface area contributed by atoms with Crippen LogP contribution in [0.3, 0.4) is 0 Å². The van der Waals surface area contributed by atoms with Gasteiger partial charge in [0.15, 0.2) is 0 Å². The lowest BCUT2D eigenvalue weighted by Gasteiger charge is -2.34. The summed E-state index contributed by atoms with van der Waals surface area (Å²) in [5.74, 6) is 0.192. The number of nitrogens with zero attached hydrogens (tertiary/aromatic N) is 2. The van der Waals surface area contributed by atoms with Crippen LogP contribution in [0, 0.1) is 0 Å². The van der Waals surface area contributed by atoms with E-state index in [9.17, 15) is 13.2 Å². The van der Waals surface area contributed by atoms with Crippen LogP contribution in [-0.4, -0.2) is 55.5 Å². The third kappa shape index (κ3) is 5.02. The molecule has 1 fully saturated rings. The molecule has 0 bridgehead atoms. The van der Waals surface area contributed by atoms with Gasteiger partial charge in [0, 0.05) is 36.1 Å². The minimum absolute atomic E-state index is 0.0428. The fourth-order valence-electron chi connectivity index (χ4n) is 3.48. The molecular weight excluding hydrogens is 475 g/mol. The van der Waals surface area contributed by atoms with Gasteiger partial charge in [0.1, 0.15) is 0 Å². The van der Waals surface area contributed by atoms with E-state index in [-0.39, 0.29) is 29.6 Å². The summed E-state index contributed by atoms with van der Waals surface area (Å²) in [6.07, 6.45) is 0. The van der Waals surface area contributed by atoms with E-state index in [2.05, 4.69) is 0 Å². The van der Waals surface area contributed by atoms with Crippen molar-refractivity contribution < 1.29 is 13.2 Å². The second-order valence-corrected chi connectivity index (χ2v) is 11.0. The largest absolute Gasteiger partial charge is 0.339 e. The number of hydrogen-bond acceptors (Lipinski definition) is 4. The van der Waals surface area contributed by atoms with Crippen molar-refractivity contribution in [3.8, 4) is 0 Å². The third-order valence-electron chi connectivity index (χ3n) is 5.20. The third-order valence-corrected chi connectivity index (χ3v) is 8.81. The Bertz CT molecular complexity index is 1230. The normalized spacial score (nSPS) is 15.4. The zero-order chi connectivity index (χ0) is 22.0. The maximum atomic E-state index is 13.1. The van der Waals surface area contributed by atoms with Gasteiger partial charge in [-0.25, -0.2) is 8.42 Å². The number of piperazine rings is 1. The van der Waals surface area contributed by atoms with E-state index in [1.165, 1.54) is 16.1 Å². The number of carbonyl (C=O) groups is 1. The van der Waals surface area contributed by atoms with Crippen molar-refractivity contribution in [3.63, 3.8) is 0 Å². The Morgan fingerprint density at radius 2 is 1.61 bits per heavy atom. The number of amides is 1. The van der Waals surface area contributed by atoms with Crippen molar-refractivity contribution in [2.24, 2.45) is 0 Å². The van der Waals surface area contributed by atoms with E-state index in [1.807, 2.05) is 30.3 Å². The molecule has 1 amide bonds. The number of carbonyl (C=O) groups excluding carboxylic acids is 1. The van der Waals surface area contributed by atoms with Gasteiger partial charge >= 0.3 is 0 Å². The van der Waals surface area contributed by atoms with Gasteiger partial charge in [0.2, 0.25) is 15.9 Å². The van der Waals surface area contributed by atoms with Crippen LogP contribution in [0.4, 0.5) is 0 Å². The van der Waals surface area contributed by atoms with E-state index in [0.29, 0.717) is 23.1 Å². The molecule has 0 unspecified atom stereocenters. The van der Waals surface area contributed by atoms with E-state index in [4.69, 9.17) is 23.2 Å². The van der Waals surface area contributed by atoms with Crippen LogP contribution < -0.4 is 0 Å². The Kier molecular flexibility index (Phi) is 6.79. The molecule has 3 aromatic carbocycles. The van der Waals surface area contributed by atoms with Crippen LogP contribution in [-0.2, 0) is 14.8 Å². The number of halogens is 2. The standard InChI is InChI=1S/C22H20Cl2N2O3S2/c23-18-6-8-21(20(24)14-18)30-15-22(27)25-9-11-26(12-10-25)31(28,29)19-7-5-16-3-1-2-4-17(16)13-19/h1-8,13-14H,9-12,15H2. The van der Waals surface area contributed by atoms with Crippen LogP contribution in [0.2, 0.25) is 10.0 Å². The van der Waals surface area contributed by atoms with Crippen molar-refractivity contribution >= 4 is 61.7 Å². The molecule has 1 saturated heterocycles. The fraction of sp³-hybridized carbons (Fsp3) is 0.227. The Morgan fingerprint density at radius 1 is 0.903 bits per heavy atom. The highest BCUT2D eigenvalue weighted by atomic mass is 35.5. The van der Waals surface area contributed by atoms with Gasteiger partial charge in [0.05, 0.1) is 15.7 Å². The Labute approximate surface area is 196 Å². The number of sulfonamides is 1. The Hall–Kier alpha value is -1.77. The van der Waals surface area contributed by atoms with Crippen LogP contribution in [0.1, 0.15) is 0 Å². The average Bonchev–Trinajstić information content (AvgIpc) is 2.78. The predicted octanol–water partition coefficient (Wildman–Crippen LogP) is 4.77. The summed E-state index contributed by atoms with van der Waals surface area (Å²) in [7, 11) is -3.61. The van der Waals surface area contributed by atoms with Crippen LogP contribution in [0.5, 0.6) is 0 Å². The molecule has 0 aliphatic carbocycles. The number of hydrogen-bond donors (Lipinski definition) is 0. The van der Waals surface area contributed by atoms with Gasteiger partial charge in [-0.3, -0.25) is 4.79 Å². The molecule has 1 heterocycles. The topological polar surface area (TPSA) is 57.7 Å². The first-order valence-electron chi connectivity index (χ1n) is 9.69.